The molecule has 4 heteroatoms. The van der Waals surface area contributed by atoms with Crippen molar-refractivity contribution in [3.8, 4) is 22.9 Å². The van der Waals surface area contributed by atoms with E-state index in [0.717, 1.165) is 11.1 Å². The number of hydrogen-bond acceptors (Lipinski definition) is 3. The van der Waals surface area contributed by atoms with Crippen molar-refractivity contribution in [2.75, 3.05) is 5.32 Å². The smallest absolute Gasteiger partial charge is 0.265 e. The Kier molecular flexibility index (Phi) is 5.31. The second-order valence-corrected chi connectivity index (χ2v) is 5.83. The van der Waals surface area contributed by atoms with Gasteiger partial charge in [0.05, 0.1) is 11.6 Å². The molecule has 3 aromatic carbocycles. The van der Waals surface area contributed by atoms with Gasteiger partial charge in [-0.15, -0.1) is 0 Å². The summed E-state index contributed by atoms with van der Waals surface area (Å²) in [4.78, 5) is 12.3. The van der Waals surface area contributed by atoms with E-state index < -0.39 is 6.10 Å². The van der Waals surface area contributed by atoms with E-state index in [0.29, 0.717) is 17.0 Å². The van der Waals surface area contributed by atoms with Gasteiger partial charge in [-0.2, -0.15) is 5.26 Å². The monoisotopic (exact) mass is 342 g/mol. The van der Waals surface area contributed by atoms with Gasteiger partial charge in [-0.3, -0.25) is 4.79 Å². The first-order valence-electron chi connectivity index (χ1n) is 8.29. The minimum absolute atomic E-state index is 0.271. The quantitative estimate of drug-likeness (QED) is 0.735. The molecule has 128 valence electrons. The molecule has 1 atom stereocenters. The van der Waals surface area contributed by atoms with E-state index in [1.807, 2.05) is 60.7 Å². The fraction of sp³-hybridized carbons (Fsp3) is 0.0909. The van der Waals surface area contributed by atoms with Gasteiger partial charge < -0.3 is 10.1 Å². The van der Waals surface area contributed by atoms with Crippen LogP contribution in [-0.4, -0.2) is 12.0 Å². The van der Waals surface area contributed by atoms with Crippen molar-refractivity contribution in [3.05, 3.63) is 84.4 Å². The Bertz CT molecular complexity index is 928. The van der Waals surface area contributed by atoms with Crippen molar-refractivity contribution in [2.24, 2.45) is 0 Å². The Morgan fingerprint density at radius 2 is 1.65 bits per heavy atom. The molecule has 3 aromatic rings. The predicted molar refractivity (Wildman–Crippen MR) is 102 cm³/mol. The second kappa shape index (κ2) is 8.00. The van der Waals surface area contributed by atoms with E-state index >= 15 is 0 Å². The molecule has 0 aliphatic rings. The molecule has 0 bridgehead atoms. The normalized spacial score (nSPS) is 11.2. The van der Waals surface area contributed by atoms with Crippen LogP contribution in [0.5, 0.6) is 5.75 Å². The van der Waals surface area contributed by atoms with Gasteiger partial charge in [-0.05, 0) is 48.4 Å². The number of carbonyl (C=O) groups is 1. The minimum Gasteiger partial charge on any atom is -0.481 e. The number of carbonyl (C=O) groups excluding carboxylic acids is 1. The average molecular weight is 342 g/mol. The molecule has 0 aliphatic carbocycles. The maximum absolute atomic E-state index is 12.3. The fourth-order valence-corrected chi connectivity index (χ4v) is 2.52. The first kappa shape index (κ1) is 17.2. The lowest BCUT2D eigenvalue weighted by atomic mass is 10.1. The zero-order valence-electron chi connectivity index (χ0n) is 14.3. The number of nitrogens with zero attached hydrogens (tertiary/aromatic N) is 1. The Morgan fingerprint density at radius 3 is 2.35 bits per heavy atom. The number of anilines is 1. The lowest BCUT2D eigenvalue weighted by Crippen LogP contribution is -2.30. The van der Waals surface area contributed by atoms with E-state index in [1.165, 1.54) is 0 Å². The van der Waals surface area contributed by atoms with Crippen molar-refractivity contribution >= 4 is 11.6 Å². The van der Waals surface area contributed by atoms with Gasteiger partial charge >= 0.3 is 0 Å². The number of hydrogen-bond donors (Lipinski definition) is 1. The van der Waals surface area contributed by atoms with Crippen LogP contribution in [0.15, 0.2) is 78.9 Å². The largest absolute Gasteiger partial charge is 0.481 e. The van der Waals surface area contributed by atoms with E-state index in [9.17, 15) is 4.79 Å². The standard InChI is InChI=1S/C22H18N2O2/c1-16(22(25)24-20-9-5-6-17(14-20)15-23)26-21-12-10-19(11-13-21)18-7-3-2-4-8-18/h2-14,16H,1H3,(H,24,25)/t16-/m0/s1. The molecule has 1 N–H and O–H groups in total. The minimum atomic E-state index is -0.664. The lowest BCUT2D eigenvalue weighted by molar-refractivity contribution is -0.122. The molecular weight excluding hydrogens is 324 g/mol. The third-order valence-electron chi connectivity index (χ3n) is 3.90. The molecule has 26 heavy (non-hydrogen) atoms. The van der Waals surface area contributed by atoms with Gasteiger partial charge in [0.1, 0.15) is 5.75 Å². The van der Waals surface area contributed by atoms with E-state index in [-0.39, 0.29) is 5.91 Å². The highest BCUT2D eigenvalue weighted by molar-refractivity contribution is 5.94. The molecule has 0 radical (unpaired) electrons. The van der Waals surface area contributed by atoms with E-state index in [2.05, 4.69) is 5.32 Å². The van der Waals surface area contributed by atoms with Crippen LogP contribution < -0.4 is 10.1 Å². The lowest BCUT2D eigenvalue weighted by Gasteiger charge is -2.15. The maximum atomic E-state index is 12.3. The van der Waals surface area contributed by atoms with Crippen LogP contribution >= 0.6 is 0 Å². The molecule has 1 amide bonds. The summed E-state index contributed by atoms with van der Waals surface area (Å²) in [6.45, 7) is 1.69. The zero-order chi connectivity index (χ0) is 18.4. The highest BCUT2D eigenvalue weighted by Gasteiger charge is 2.15. The number of nitrogens with one attached hydrogen (secondary N) is 1. The topological polar surface area (TPSA) is 62.1 Å². The van der Waals surface area contributed by atoms with Crippen LogP contribution in [0.25, 0.3) is 11.1 Å². The fourth-order valence-electron chi connectivity index (χ4n) is 2.52. The summed E-state index contributed by atoms with van der Waals surface area (Å²) in [6, 6.07) is 26.5. The number of rotatable bonds is 5. The SMILES string of the molecule is C[C@H](Oc1ccc(-c2ccccc2)cc1)C(=O)Nc1cccc(C#N)c1. The molecule has 4 nitrogen and oxygen atoms in total. The maximum Gasteiger partial charge on any atom is 0.265 e. The van der Waals surface area contributed by atoms with Gasteiger partial charge in [0, 0.05) is 5.69 Å². The van der Waals surface area contributed by atoms with E-state index in [4.69, 9.17) is 10.00 Å². The first-order valence-corrected chi connectivity index (χ1v) is 8.29. The predicted octanol–water partition coefficient (Wildman–Crippen LogP) is 4.63. The zero-order valence-corrected chi connectivity index (χ0v) is 14.3. The van der Waals surface area contributed by atoms with Gasteiger partial charge in [0.15, 0.2) is 6.10 Å². The van der Waals surface area contributed by atoms with Crippen molar-refractivity contribution in [1.82, 2.24) is 0 Å². The van der Waals surface area contributed by atoms with Crippen molar-refractivity contribution < 1.29 is 9.53 Å². The van der Waals surface area contributed by atoms with Crippen LogP contribution in [0.4, 0.5) is 5.69 Å². The summed E-state index contributed by atoms with van der Waals surface area (Å²) in [5.41, 5.74) is 3.28. The number of amides is 1. The number of ether oxygens (including phenoxy) is 1. The molecular formula is C22H18N2O2. The molecule has 0 heterocycles. The molecule has 0 saturated heterocycles. The molecule has 0 unspecified atom stereocenters. The van der Waals surface area contributed by atoms with Gasteiger partial charge in [0.2, 0.25) is 0 Å². The summed E-state index contributed by atoms with van der Waals surface area (Å²) >= 11 is 0. The average Bonchev–Trinajstić information content (AvgIpc) is 2.69. The molecule has 0 saturated carbocycles. The second-order valence-electron chi connectivity index (χ2n) is 5.83. The molecule has 0 aromatic heterocycles. The van der Waals surface area contributed by atoms with Gasteiger partial charge in [-0.1, -0.05) is 48.5 Å². The number of nitriles is 1. The number of benzene rings is 3. The van der Waals surface area contributed by atoms with Crippen LogP contribution in [-0.2, 0) is 4.79 Å². The summed E-state index contributed by atoms with van der Waals surface area (Å²) < 4.78 is 5.72. The van der Waals surface area contributed by atoms with Crippen LogP contribution in [0.3, 0.4) is 0 Å². The van der Waals surface area contributed by atoms with Gasteiger partial charge in [-0.25, -0.2) is 0 Å². The third kappa shape index (κ3) is 4.28. The van der Waals surface area contributed by atoms with Crippen molar-refractivity contribution in [1.29, 1.82) is 5.26 Å². The summed E-state index contributed by atoms with van der Waals surface area (Å²) in [7, 11) is 0. The molecule has 3 rings (SSSR count). The van der Waals surface area contributed by atoms with Crippen molar-refractivity contribution in [3.63, 3.8) is 0 Å². The highest BCUT2D eigenvalue weighted by atomic mass is 16.5. The Labute approximate surface area is 152 Å². The first-order chi connectivity index (χ1) is 12.7. The summed E-state index contributed by atoms with van der Waals surface area (Å²) in [6.07, 6.45) is -0.664. The van der Waals surface area contributed by atoms with Crippen LogP contribution in [0.1, 0.15) is 12.5 Å². The Hall–Kier alpha value is -3.58. The third-order valence-corrected chi connectivity index (χ3v) is 3.90. The highest BCUT2D eigenvalue weighted by Crippen LogP contribution is 2.22. The van der Waals surface area contributed by atoms with Crippen LogP contribution in [0.2, 0.25) is 0 Å². The summed E-state index contributed by atoms with van der Waals surface area (Å²) in [5, 5.41) is 11.7. The summed E-state index contributed by atoms with van der Waals surface area (Å²) in [5.74, 6) is 0.352. The Morgan fingerprint density at radius 1 is 0.962 bits per heavy atom. The van der Waals surface area contributed by atoms with E-state index in [1.54, 1.807) is 31.2 Å². The van der Waals surface area contributed by atoms with Crippen LogP contribution in [0, 0.1) is 11.3 Å². The molecule has 0 spiro atoms. The Balaban J connectivity index is 1.63. The molecule has 0 aliphatic heterocycles. The van der Waals surface area contributed by atoms with Gasteiger partial charge in [0.25, 0.3) is 5.91 Å². The molecule has 0 fully saturated rings. The van der Waals surface area contributed by atoms with Crippen molar-refractivity contribution in [2.45, 2.75) is 13.0 Å².